The molecule has 0 aromatic rings. The lowest BCUT2D eigenvalue weighted by atomic mass is 9.87. The van der Waals surface area contributed by atoms with Gasteiger partial charge in [0.15, 0.2) is 0 Å². The Bertz CT molecular complexity index is 172. The normalized spacial score (nSPS) is 48.2. The van der Waals surface area contributed by atoms with Crippen molar-refractivity contribution < 1.29 is 20.1 Å². The van der Waals surface area contributed by atoms with E-state index in [2.05, 4.69) is 0 Å². The minimum atomic E-state index is -1.30. The molecule has 3 atom stereocenters. The standard InChI is InChI=1S/C8H16O4/c1-7(12-2)6(10)3-4-8(7,11)5-9/h6,9-11H,3-5H2,1-2H3. The molecule has 0 bridgehead atoms. The maximum atomic E-state index is 9.85. The molecule has 0 heterocycles. The second-order valence-electron chi connectivity index (χ2n) is 3.56. The minimum Gasteiger partial charge on any atom is -0.393 e. The zero-order chi connectivity index (χ0) is 9.41. The van der Waals surface area contributed by atoms with E-state index in [9.17, 15) is 10.2 Å². The molecule has 4 heteroatoms. The van der Waals surface area contributed by atoms with Gasteiger partial charge in [-0.25, -0.2) is 0 Å². The van der Waals surface area contributed by atoms with Crippen molar-refractivity contribution >= 4 is 0 Å². The van der Waals surface area contributed by atoms with Crippen LogP contribution in [0, 0.1) is 0 Å². The average molecular weight is 176 g/mol. The van der Waals surface area contributed by atoms with Crippen LogP contribution in [0.3, 0.4) is 0 Å². The molecule has 1 fully saturated rings. The van der Waals surface area contributed by atoms with Gasteiger partial charge in [0, 0.05) is 7.11 Å². The van der Waals surface area contributed by atoms with E-state index in [1.54, 1.807) is 6.92 Å². The Morgan fingerprint density at radius 1 is 1.58 bits per heavy atom. The van der Waals surface area contributed by atoms with Crippen molar-refractivity contribution in [1.82, 2.24) is 0 Å². The number of ether oxygens (including phenoxy) is 1. The highest BCUT2D eigenvalue weighted by atomic mass is 16.5. The largest absolute Gasteiger partial charge is 0.393 e. The van der Waals surface area contributed by atoms with Crippen molar-refractivity contribution in [2.45, 2.75) is 37.1 Å². The lowest BCUT2D eigenvalue weighted by Gasteiger charge is -2.38. The molecular formula is C8H16O4. The summed E-state index contributed by atoms with van der Waals surface area (Å²) in [6.45, 7) is 1.23. The van der Waals surface area contributed by atoms with E-state index in [4.69, 9.17) is 9.84 Å². The molecule has 3 N–H and O–H groups in total. The Morgan fingerprint density at radius 2 is 2.17 bits per heavy atom. The quantitative estimate of drug-likeness (QED) is 0.519. The number of aliphatic hydroxyl groups is 3. The number of hydrogen-bond donors (Lipinski definition) is 3. The molecule has 1 aliphatic rings. The second kappa shape index (κ2) is 2.96. The molecule has 1 rings (SSSR count). The van der Waals surface area contributed by atoms with E-state index in [0.717, 1.165) is 0 Å². The average Bonchev–Trinajstić information content (AvgIpc) is 2.31. The minimum absolute atomic E-state index is 0.370. The van der Waals surface area contributed by atoms with Crippen molar-refractivity contribution in [2.24, 2.45) is 0 Å². The Hall–Kier alpha value is -0.160. The molecule has 4 nitrogen and oxygen atoms in total. The first-order chi connectivity index (χ1) is 5.50. The monoisotopic (exact) mass is 176 g/mol. The Kier molecular flexibility index (Phi) is 2.45. The van der Waals surface area contributed by atoms with Gasteiger partial charge in [-0.1, -0.05) is 0 Å². The smallest absolute Gasteiger partial charge is 0.122 e. The van der Waals surface area contributed by atoms with Crippen LogP contribution < -0.4 is 0 Å². The van der Waals surface area contributed by atoms with Crippen LogP contribution in [0.5, 0.6) is 0 Å². The first kappa shape index (κ1) is 9.92. The van der Waals surface area contributed by atoms with Gasteiger partial charge in [-0.15, -0.1) is 0 Å². The molecule has 0 radical (unpaired) electrons. The summed E-state index contributed by atoms with van der Waals surface area (Å²) in [4.78, 5) is 0. The van der Waals surface area contributed by atoms with Gasteiger partial charge < -0.3 is 20.1 Å². The number of methoxy groups -OCH3 is 1. The summed E-state index contributed by atoms with van der Waals surface area (Å²) >= 11 is 0. The predicted molar refractivity (Wildman–Crippen MR) is 42.7 cm³/mol. The van der Waals surface area contributed by atoms with E-state index in [0.29, 0.717) is 12.8 Å². The third-order valence-corrected chi connectivity index (χ3v) is 3.08. The fourth-order valence-electron chi connectivity index (χ4n) is 1.77. The fraction of sp³-hybridized carbons (Fsp3) is 1.00. The Balaban J connectivity index is 2.91. The first-order valence-corrected chi connectivity index (χ1v) is 4.06. The molecule has 0 saturated heterocycles. The van der Waals surface area contributed by atoms with Crippen molar-refractivity contribution in [3.63, 3.8) is 0 Å². The molecular weight excluding hydrogens is 160 g/mol. The van der Waals surface area contributed by atoms with Crippen molar-refractivity contribution in [1.29, 1.82) is 0 Å². The van der Waals surface area contributed by atoms with Gasteiger partial charge in [0.05, 0.1) is 12.7 Å². The van der Waals surface area contributed by atoms with Gasteiger partial charge in [0.1, 0.15) is 11.2 Å². The van der Waals surface area contributed by atoms with E-state index < -0.39 is 17.3 Å². The van der Waals surface area contributed by atoms with Crippen LogP contribution in [0.2, 0.25) is 0 Å². The topological polar surface area (TPSA) is 69.9 Å². The summed E-state index contributed by atoms with van der Waals surface area (Å²) in [5, 5.41) is 28.3. The highest BCUT2D eigenvalue weighted by Gasteiger charge is 2.56. The molecule has 12 heavy (non-hydrogen) atoms. The summed E-state index contributed by atoms with van der Waals surface area (Å²) in [5.41, 5.74) is -2.34. The van der Waals surface area contributed by atoms with E-state index >= 15 is 0 Å². The van der Waals surface area contributed by atoms with Crippen molar-refractivity contribution in [3.8, 4) is 0 Å². The van der Waals surface area contributed by atoms with Crippen LogP contribution in [0.4, 0.5) is 0 Å². The van der Waals surface area contributed by atoms with Crippen LogP contribution in [-0.2, 0) is 4.74 Å². The number of hydrogen-bond acceptors (Lipinski definition) is 4. The van der Waals surface area contributed by atoms with E-state index in [1.807, 2.05) is 0 Å². The maximum absolute atomic E-state index is 9.85. The summed E-state index contributed by atoms with van der Waals surface area (Å²) in [6, 6.07) is 0. The molecule has 0 spiro atoms. The summed E-state index contributed by atoms with van der Waals surface area (Å²) in [6.07, 6.45) is 0.121. The summed E-state index contributed by atoms with van der Waals surface area (Å²) in [5.74, 6) is 0. The zero-order valence-corrected chi connectivity index (χ0v) is 7.45. The van der Waals surface area contributed by atoms with E-state index in [1.165, 1.54) is 7.11 Å². The second-order valence-corrected chi connectivity index (χ2v) is 3.56. The third-order valence-electron chi connectivity index (χ3n) is 3.08. The SMILES string of the molecule is COC1(C)C(O)CCC1(O)CO. The Morgan fingerprint density at radius 3 is 2.50 bits per heavy atom. The van der Waals surface area contributed by atoms with Gasteiger partial charge in [0.25, 0.3) is 0 Å². The molecule has 0 aromatic carbocycles. The zero-order valence-electron chi connectivity index (χ0n) is 7.45. The maximum Gasteiger partial charge on any atom is 0.122 e. The van der Waals surface area contributed by atoms with Crippen LogP contribution in [0.25, 0.3) is 0 Å². The first-order valence-electron chi connectivity index (χ1n) is 4.06. The Labute approximate surface area is 71.8 Å². The van der Waals surface area contributed by atoms with Crippen LogP contribution in [0.1, 0.15) is 19.8 Å². The van der Waals surface area contributed by atoms with Crippen LogP contribution in [-0.4, -0.2) is 46.3 Å². The molecule has 0 aliphatic heterocycles. The number of aliphatic hydroxyl groups excluding tert-OH is 2. The summed E-state index contributed by atoms with van der Waals surface area (Å²) in [7, 11) is 1.43. The lowest BCUT2D eigenvalue weighted by molar-refractivity contribution is -0.189. The van der Waals surface area contributed by atoms with Crippen LogP contribution in [0.15, 0.2) is 0 Å². The molecule has 1 saturated carbocycles. The van der Waals surface area contributed by atoms with E-state index in [-0.39, 0.29) is 6.61 Å². The molecule has 0 amide bonds. The third kappa shape index (κ3) is 1.07. The van der Waals surface area contributed by atoms with Gasteiger partial charge in [-0.05, 0) is 19.8 Å². The molecule has 72 valence electrons. The molecule has 1 aliphatic carbocycles. The van der Waals surface area contributed by atoms with Gasteiger partial charge in [-0.2, -0.15) is 0 Å². The predicted octanol–water partition coefficient (Wildman–Crippen LogP) is -0.730. The lowest BCUT2D eigenvalue weighted by Crippen LogP contribution is -2.56. The highest BCUT2D eigenvalue weighted by molar-refractivity contribution is 5.08. The van der Waals surface area contributed by atoms with Crippen molar-refractivity contribution in [3.05, 3.63) is 0 Å². The van der Waals surface area contributed by atoms with Gasteiger partial charge in [-0.3, -0.25) is 0 Å². The molecule has 3 unspecified atom stereocenters. The van der Waals surface area contributed by atoms with Crippen molar-refractivity contribution in [2.75, 3.05) is 13.7 Å². The van der Waals surface area contributed by atoms with Gasteiger partial charge in [0.2, 0.25) is 0 Å². The van der Waals surface area contributed by atoms with Gasteiger partial charge >= 0.3 is 0 Å². The highest BCUT2D eigenvalue weighted by Crippen LogP contribution is 2.41. The number of rotatable bonds is 2. The van der Waals surface area contributed by atoms with Crippen LogP contribution >= 0.6 is 0 Å². The summed E-state index contributed by atoms with van der Waals surface area (Å²) < 4.78 is 5.06. The fourth-order valence-corrected chi connectivity index (χ4v) is 1.77. The molecule has 0 aromatic heterocycles.